The van der Waals surface area contributed by atoms with Crippen molar-refractivity contribution in [1.29, 1.82) is 0 Å². The number of ether oxygens (including phenoxy) is 1. The SMILES string of the molecule is COc1ccc(NC(=O)c2cn(-c3ccc(C)cc3)nn2)cn1. The Morgan fingerprint density at radius 2 is 1.96 bits per heavy atom. The second-order valence-corrected chi connectivity index (χ2v) is 4.93. The first-order chi connectivity index (χ1) is 11.2. The topological polar surface area (TPSA) is 81.9 Å². The molecule has 1 N–H and O–H groups in total. The standard InChI is InChI=1S/C16H15N5O2/c1-11-3-6-13(7-4-11)21-10-14(19-20-21)16(22)18-12-5-8-15(23-2)17-9-12/h3-10H,1-2H3,(H,18,22). The molecule has 23 heavy (non-hydrogen) atoms. The van der Waals surface area contributed by atoms with E-state index in [1.807, 2.05) is 31.2 Å². The van der Waals surface area contributed by atoms with Gasteiger partial charge >= 0.3 is 0 Å². The van der Waals surface area contributed by atoms with E-state index in [2.05, 4.69) is 20.6 Å². The predicted molar refractivity (Wildman–Crippen MR) is 84.8 cm³/mol. The van der Waals surface area contributed by atoms with Gasteiger partial charge in [0.15, 0.2) is 5.69 Å². The fourth-order valence-electron chi connectivity index (χ4n) is 1.96. The highest BCUT2D eigenvalue weighted by molar-refractivity contribution is 6.02. The van der Waals surface area contributed by atoms with Gasteiger partial charge in [0.1, 0.15) is 0 Å². The summed E-state index contributed by atoms with van der Waals surface area (Å²) < 4.78 is 6.53. The smallest absolute Gasteiger partial charge is 0.277 e. The molecule has 116 valence electrons. The zero-order chi connectivity index (χ0) is 16.2. The molecule has 1 aromatic carbocycles. The number of rotatable bonds is 4. The summed E-state index contributed by atoms with van der Waals surface area (Å²) >= 11 is 0. The average molecular weight is 309 g/mol. The van der Waals surface area contributed by atoms with Crippen LogP contribution in [0, 0.1) is 6.92 Å². The number of aromatic nitrogens is 4. The van der Waals surface area contributed by atoms with Gasteiger partial charge in [-0.15, -0.1) is 5.10 Å². The first-order valence-electron chi connectivity index (χ1n) is 6.96. The molecule has 0 aliphatic heterocycles. The largest absolute Gasteiger partial charge is 0.481 e. The number of methoxy groups -OCH3 is 1. The summed E-state index contributed by atoms with van der Waals surface area (Å²) in [5.74, 6) is 0.128. The lowest BCUT2D eigenvalue weighted by Gasteiger charge is -2.03. The molecule has 2 aromatic heterocycles. The van der Waals surface area contributed by atoms with Gasteiger partial charge in [-0.25, -0.2) is 9.67 Å². The third-order valence-corrected chi connectivity index (χ3v) is 3.23. The Hall–Kier alpha value is -3.22. The highest BCUT2D eigenvalue weighted by Crippen LogP contribution is 2.13. The fourth-order valence-corrected chi connectivity index (χ4v) is 1.96. The van der Waals surface area contributed by atoms with Crippen LogP contribution in [-0.4, -0.2) is 33.0 Å². The Balaban J connectivity index is 1.74. The van der Waals surface area contributed by atoms with E-state index in [-0.39, 0.29) is 11.6 Å². The van der Waals surface area contributed by atoms with Gasteiger partial charge in [0.25, 0.3) is 5.91 Å². The number of anilines is 1. The molecule has 0 aliphatic rings. The monoisotopic (exact) mass is 309 g/mol. The zero-order valence-electron chi connectivity index (χ0n) is 12.7. The van der Waals surface area contributed by atoms with Crippen molar-refractivity contribution in [3.63, 3.8) is 0 Å². The van der Waals surface area contributed by atoms with Crippen LogP contribution in [0.1, 0.15) is 16.1 Å². The average Bonchev–Trinajstić information content (AvgIpc) is 3.06. The maximum Gasteiger partial charge on any atom is 0.277 e. The van der Waals surface area contributed by atoms with E-state index in [9.17, 15) is 4.79 Å². The van der Waals surface area contributed by atoms with E-state index in [1.54, 1.807) is 23.0 Å². The molecule has 7 nitrogen and oxygen atoms in total. The molecule has 1 amide bonds. The number of hydrogen-bond donors (Lipinski definition) is 1. The van der Waals surface area contributed by atoms with Gasteiger partial charge in [-0.3, -0.25) is 4.79 Å². The maximum absolute atomic E-state index is 12.2. The molecule has 0 spiro atoms. The minimum atomic E-state index is -0.352. The first kappa shape index (κ1) is 14.7. The summed E-state index contributed by atoms with van der Waals surface area (Å²) in [7, 11) is 1.53. The lowest BCUT2D eigenvalue weighted by molar-refractivity contribution is 0.102. The van der Waals surface area contributed by atoms with Crippen LogP contribution in [0.5, 0.6) is 5.88 Å². The summed E-state index contributed by atoms with van der Waals surface area (Å²) in [6, 6.07) is 11.1. The van der Waals surface area contributed by atoms with Gasteiger partial charge in [-0.2, -0.15) is 0 Å². The molecule has 0 bridgehead atoms. The van der Waals surface area contributed by atoms with Gasteiger partial charge in [-0.05, 0) is 25.1 Å². The molecule has 0 fully saturated rings. The summed E-state index contributed by atoms with van der Waals surface area (Å²) in [5, 5.41) is 10.6. The van der Waals surface area contributed by atoms with Crippen molar-refractivity contribution in [3.8, 4) is 11.6 Å². The number of nitrogens with zero attached hydrogens (tertiary/aromatic N) is 4. The highest BCUT2D eigenvalue weighted by atomic mass is 16.5. The number of aryl methyl sites for hydroxylation is 1. The maximum atomic E-state index is 12.2. The van der Waals surface area contributed by atoms with Crippen molar-refractivity contribution in [1.82, 2.24) is 20.0 Å². The van der Waals surface area contributed by atoms with E-state index in [1.165, 1.54) is 13.3 Å². The fraction of sp³-hybridized carbons (Fsp3) is 0.125. The second kappa shape index (κ2) is 6.27. The molecule has 2 heterocycles. The third-order valence-electron chi connectivity index (χ3n) is 3.23. The molecule has 3 aromatic rings. The van der Waals surface area contributed by atoms with Crippen LogP contribution >= 0.6 is 0 Å². The molecule has 0 radical (unpaired) electrons. The van der Waals surface area contributed by atoms with Crippen molar-refractivity contribution >= 4 is 11.6 Å². The molecular formula is C16H15N5O2. The predicted octanol–water partition coefficient (Wildman–Crippen LogP) is 2.23. The molecule has 0 saturated heterocycles. The normalized spacial score (nSPS) is 10.3. The Bertz CT molecular complexity index is 809. The number of hydrogen-bond acceptors (Lipinski definition) is 5. The van der Waals surface area contributed by atoms with Crippen molar-refractivity contribution in [3.05, 3.63) is 60.0 Å². The molecule has 0 unspecified atom stereocenters. The van der Waals surface area contributed by atoms with Crippen LogP contribution in [0.3, 0.4) is 0 Å². The summed E-state index contributed by atoms with van der Waals surface area (Å²) in [5.41, 5.74) is 2.77. The van der Waals surface area contributed by atoms with E-state index in [0.717, 1.165) is 11.3 Å². The van der Waals surface area contributed by atoms with Crippen LogP contribution in [0.2, 0.25) is 0 Å². The number of carbonyl (C=O) groups is 1. The van der Waals surface area contributed by atoms with Crippen LogP contribution in [0.25, 0.3) is 5.69 Å². The Labute approximate surface area is 132 Å². The molecule has 0 saturated carbocycles. The molecule has 0 atom stereocenters. The van der Waals surface area contributed by atoms with E-state index in [4.69, 9.17) is 4.74 Å². The van der Waals surface area contributed by atoms with Gasteiger partial charge < -0.3 is 10.1 Å². The summed E-state index contributed by atoms with van der Waals surface area (Å²) in [6.07, 6.45) is 3.10. The lowest BCUT2D eigenvalue weighted by atomic mass is 10.2. The zero-order valence-corrected chi connectivity index (χ0v) is 12.7. The minimum absolute atomic E-state index is 0.224. The lowest BCUT2D eigenvalue weighted by Crippen LogP contribution is -2.12. The van der Waals surface area contributed by atoms with Crippen molar-refractivity contribution in [2.45, 2.75) is 6.92 Å². The first-order valence-corrected chi connectivity index (χ1v) is 6.96. The van der Waals surface area contributed by atoms with Crippen molar-refractivity contribution in [2.75, 3.05) is 12.4 Å². The Kier molecular flexibility index (Phi) is 4.01. The van der Waals surface area contributed by atoms with Crippen molar-refractivity contribution < 1.29 is 9.53 Å². The van der Waals surface area contributed by atoms with Crippen LogP contribution in [-0.2, 0) is 0 Å². The number of nitrogens with one attached hydrogen (secondary N) is 1. The number of benzene rings is 1. The van der Waals surface area contributed by atoms with Crippen LogP contribution < -0.4 is 10.1 Å². The summed E-state index contributed by atoms with van der Waals surface area (Å²) in [6.45, 7) is 2.01. The van der Waals surface area contributed by atoms with Crippen LogP contribution in [0.15, 0.2) is 48.8 Å². The Morgan fingerprint density at radius 1 is 1.17 bits per heavy atom. The van der Waals surface area contributed by atoms with Gasteiger partial charge in [0.2, 0.25) is 5.88 Å². The van der Waals surface area contributed by atoms with Gasteiger partial charge in [0.05, 0.1) is 30.9 Å². The van der Waals surface area contributed by atoms with Crippen molar-refractivity contribution in [2.24, 2.45) is 0 Å². The minimum Gasteiger partial charge on any atom is -0.481 e. The van der Waals surface area contributed by atoms with E-state index in [0.29, 0.717) is 11.6 Å². The molecular weight excluding hydrogens is 294 g/mol. The molecule has 7 heteroatoms. The van der Waals surface area contributed by atoms with Crippen LogP contribution in [0.4, 0.5) is 5.69 Å². The summed E-state index contributed by atoms with van der Waals surface area (Å²) in [4.78, 5) is 16.2. The highest BCUT2D eigenvalue weighted by Gasteiger charge is 2.12. The van der Waals surface area contributed by atoms with E-state index >= 15 is 0 Å². The third kappa shape index (κ3) is 3.34. The van der Waals surface area contributed by atoms with Gasteiger partial charge in [0, 0.05) is 6.07 Å². The quantitative estimate of drug-likeness (QED) is 0.799. The molecule has 0 aliphatic carbocycles. The van der Waals surface area contributed by atoms with E-state index < -0.39 is 0 Å². The number of amides is 1. The van der Waals surface area contributed by atoms with Gasteiger partial charge in [-0.1, -0.05) is 22.9 Å². The number of carbonyl (C=O) groups excluding carboxylic acids is 1. The second-order valence-electron chi connectivity index (χ2n) is 4.93. The molecule has 3 rings (SSSR count). The Morgan fingerprint density at radius 3 is 2.61 bits per heavy atom. The number of pyridine rings is 1.